The molecule has 0 spiro atoms. The number of carbonyl (C=O) groups excluding carboxylic acids is 4. The Morgan fingerprint density at radius 1 is 0.524 bits per heavy atom. The van der Waals surface area contributed by atoms with Crippen LogP contribution in [0.4, 0.5) is 0 Å². The highest BCUT2D eigenvalue weighted by atomic mass is 32.1. The fourth-order valence-electron chi connectivity index (χ4n) is 5.35. The number of carbonyl (C=O) groups is 4. The van der Waals surface area contributed by atoms with E-state index in [1.165, 1.54) is 5.56 Å². The lowest BCUT2D eigenvalue weighted by atomic mass is 10.0. The van der Waals surface area contributed by atoms with Crippen LogP contribution in [-0.4, -0.2) is 23.1 Å². The molecule has 7 rings (SSSR count). The average molecular weight is 603 g/mol. The van der Waals surface area contributed by atoms with Crippen molar-refractivity contribution in [3.8, 4) is 19.5 Å². The van der Waals surface area contributed by atoms with Crippen molar-refractivity contribution in [2.45, 2.75) is 19.8 Å². The quantitative estimate of drug-likeness (QED) is 0.149. The van der Waals surface area contributed by atoms with E-state index >= 15 is 0 Å². The van der Waals surface area contributed by atoms with Gasteiger partial charge in [-0.2, -0.15) is 0 Å². The molecule has 3 aromatic heterocycles. The average Bonchev–Trinajstić information content (AvgIpc) is 3.81. The largest absolute Gasteiger partial charge is 0.288 e. The van der Waals surface area contributed by atoms with Gasteiger partial charge in [-0.25, -0.2) is 0 Å². The Kier molecular flexibility index (Phi) is 6.46. The van der Waals surface area contributed by atoms with Gasteiger partial charge < -0.3 is 0 Å². The van der Waals surface area contributed by atoms with E-state index in [9.17, 15) is 19.2 Å². The van der Waals surface area contributed by atoms with Crippen molar-refractivity contribution < 1.29 is 19.2 Å². The molecule has 204 valence electrons. The molecule has 2 aliphatic carbocycles. The summed E-state index contributed by atoms with van der Waals surface area (Å²) in [5.41, 5.74) is 3.51. The second-order valence-corrected chi connectivity index (χ2v) is 13.8. The van der Waals surface area contributed by atoms with Crippen molar-refractivity contribution >= 4 is 69.3 Å². The van der Waals surface area contributed by atoms with Crippen LogP contribution in [0.2, 0.25) is 0 Å². The maximum atomic E-state index is 12.9. The van der Waals surface area contributed by atoms with E-state index in [0.717, 1.165) is 29.3 Å². The molecule has 0 atom stereocenters. The van der Waals surface area contributed by atoms with Crippen LogP contribution in [0.1, 0.15) is 76.5 Å². The van der Waals surface area contributed by atoms with Crippen LogP contribution in [0.25, 0.3) is 31.7 Å². The van der Waals surface area contributed by atoms with Gasteiger partial charge in [0.05, 0.1) is 11.1 Å². The summed E-state index contributed by atoms with van der Waals surface area (Å²) in [5.74, 6) is -0.602. The first-order valence-electron chi connectivity index (χ1n) is 13.4. The highest BCUT2D eigenvalue weighted by molar-refractivity contribution is 7.27. The zero-order valence-corrected chi connectivity index (χ0v) is 25.0. The molecule has 0 radical (unpaired) electrons. The Hall–Kier alpha value is -4.30. The summed E-state index contributed by atoms with van der Waals surface area (Å²) < 4.78 is 0. The summed E-state index contributed by atoms with van der Waals surface area (Å²) in [4.78, 5) is 57.6. The molecule has 2 aromatic carbocycles. The number of Topliss-reactive ketones (excluding diaryl/α,β-unsaturated/α-hetero) is 4. The summed E-state index contributed by atoms with van der Waals surface area (Å²) >= 11 is 4.82. The van der Waals surface area contributed by atoms with Crippen LogP contribution in [0.3, 0.4) is 0 Å². The number of benzene rings is 2. The fraction of sp³-hybridized carbons (Fsp3) is 0.0857. The number of fused-ring (bicyclic) bond motifs is 2. The Morgan fingerprint density at radius 3 is 1.40 bits per heavy atom. The SMILES string of the molecule is CC(C)c1cc(-c2ccc(C=C3C(=O)c4ccccc4C3=O)s2)sc1-c1ccc(C=C2C(=O)c3ccccc3C2=O)s1. The molecule has 0 aliphatic heterocycles. The van der Waals surface area contributed by atoms with Crippen LogP contribution in [-0.2, 0) is 0 Å². The summed E-state index contributed by atoms with van der Waals surface area (Å²) in [7, 11) is 0. The van der Waals surface area contributed by atoms with Crippen molar-refractivity contribution in [2.75, 3.05) is 0 Å². The zero-order valence-electron chi connectivity index (χ0n) is 22.6. The Labute approximate surface area is 254 Å². The molecule has 0 unspecified atom stereocenters. The minimum absolute atomic E-state index is 0.210. The minimum atomic E-state index is -0.223. The predicted octanol–water partition coefficient (Wildman–Crippen LogP) is 9.25. The Morgan fingerprint density at radius 2 is 0.952 bits per heavy atom. The molecule has 0 saturated heterocycles. The van der Waals surface area contributed by atoms with Gasteiger partial charge in [0, 0.05) is 51.5 Å². The molecule has 2 aliphatic rings. The zero-order chi connectivity index (χ0) is 29.1. The third kappa shape index (κ3) is 4.32. The van der Waals surface area contributed by atoms with Crippen LogP contribution in [0.15, 0.2) is 90.0 Å². The van der Waals surface area contributed by atoms with Gasteiger partial charge in [-0.15, -0.1) is 34.0 Å². The first-order chi connectivity index (χ1) is 20.3. The van der Waals surface area contributed by atoms with E-state index in [2.05, 4.69) is 26.0 Å². The maximum absolute atomic E-state index is 12.9. The van der Waals surface area contributed by atoms with Crippen molar-refractivity contribution in [1.29, 1.82) is 0 Å². The molecule has 0 N–H and O–H groups in total. The summed E-state index contributed by atoms with van der Waals surface area (Å²) in [6, 6.07) is 24.1. The lowest BCUT2D eigenvalue weighted by Crippen LogP contribution is -1.99. The normalized spacial score (nSPS) is 14.3. The van der Waals surface area contributed by atoms with Gasteiger partial charge in [0.25, 0.3) is 0 Å². The molecule has 0 bridgehead atoms. The second kappa shape index (κ2) is 10.2. The number of rotatable bonds is 5. The van der Waals surface area contributed by atoms with Crippen molar-refractivity contribution in [3.63, 3.8) is 0 Å². The smallest absolute Gasteiger partial charge is 0.197 e. The maximum Gasteiger partial charge on any atom is 0.197 e. The van der Waals surface area contributed by atoms with Crippen molar-refractivity contribution in [1.82, 2.24) is 0 Å². The van der Waals surface area contributed by atoms with Gasteiger partial charge in [0.2, 0.25) is 0 Å². The van der Waals surface area contributed by atoms with Crippen LogP contribution >= 0.6 is 34.0 Å². The molecule has 42 heavy (non-hydrogen) atoms. The van der Waals surface area contributed by atoms with Gasteiger partial charge in [0.1, 0.15) is 0 Å². The second-order valence-electron chi connectivity index (χ2n) is 10.5. The summed E-state index contributed by atoms with van der Waals surface area (Å²) in [6.45, 7) is 4.33. The molecule has 7 heteroatoms. The summed E-state index contributed by atoms with van der Waals surface area (Å²) in [5, 5.41) is 0. The molecule has 0 fully saturated rings. The predicted molar refractivity (Wildman–Crippen MR) is 171 cm³/mol. The topological polar surface area (TPSA) is 68.3 Å². The first kappa shape index (κ1) is 26.6. The van der Waals surface area contributed by atoms with E-state index in [1.807, 2.05) is 18.2 Å². The van der Waals surface area contributed by atoms with Crippen molar-refractivity contribution in [3.05, 3.63) is 128 Å². The van der Waals surface area contributed by atoms with E-state index in [4.69, 9.17) is 0 Å². The van der Waals surface area contributed by atoms with Crippen LogP contribution < -0.4 is 0 Å². The summed E-state index contributed by atoms with van der Waals surface area (Å²) in [6.07, 6.45) is 3.42. The number of ketones is 4. The monoisotopic (exact) mass is 602 g/mol. The first-order valence-corrected chi connectivity index (χ1v) is 15.9. The van der Waals surface area contributed by atoms with Gasteiger partial charge in [-0.05, 0) is 54.0 Å². The molecule has 3 heterocycles. The number of allylic oxidation sites excluding steroid dienone is 2. The van der Waals surface area contributed by atoms with E-state index in [0.29, 0.717) is 22.3 Å². The third-order valence-corrected chi connectivity index (χ3v) is 11.1. The number of thiophene rings is 3. The van der Waals surface area contributed by atoms with Gasteiger partial charge >= 0.3 is 0 Å². The highest BCUT2D eigenvalue weighted by Gasteiger charge is 2.33. The lowest BCUT2D eigenvalue weighted by molar-refractivity contribution is 0.0975. The molecule has 4 nitrogen and oxygen atoms in total. The van der Waals surface area contributed by atoms with Crippen molar-refractivity contribution in [2.24, 2.45) is 0 Å². The van der Waals surface area contributed by atoms with Gasteiger partial charge in [-0.1, -0.05) is 62.4 Å². The van der Waals surface area contributed by atoms with E-state index < -0.39 is 0 Å². The lowest BCUT2D eigenvalue weighted by Gasteiger charge is -2.04. The number of hydrogen-bond donors (Lipinski definition) is 0. The van der Waals surface area contributed by atoms with E-state index in [-0.39, 0.29) is 40.2 Å². The fourth-order valence-corrected chi connectivity index (χ4v) is 8.79. The molecular formula is C35H22O4S3. The van der Waals surface area contributed by atoms with Crippen LogP contribution in [0, 0.1) is 0 Å². The Bertz CT molecular complexity index is 1970. The number of hydrogen-bond acceptors (Lipinski definition) is 7. The third-order valence-electron chi connectivity index (χ3n) is 7.49. The Balaban J connectivity index is 1.19. The minimum Gasteiger partial charge on any atom is -0.288 e. The van der Waals surface area contributed by atoms with E-state index in [1.54, 1.807) is 94.7 Å². The standard InChI is InChI=1S/C35H22O4S3/c1-18(2)25-17-30(28-13-11-19(40-28)15-26-31(36)21-7-3-4-8-22(21)32(26)37)42-35(25)29-14-12-20(41-29)16-27-33(38)23-9-5-6-10-24(23)34(27)39/h3-18H,1-2H3. The molecule has 0 saturated carbocycles. The van der Waals surface area contributed by atoms with Crippen LogP contribution in [0.5, 0.6) is 0 Å². The molecule has 0 amide bonds. The highest BCUT2D eigenvalue weighted by Crippen LogP contribution is 2.46. The molecule has 5 aromatic rings. The van der Waals surface area contributed by atoms with Gasteiger partial charge in [-0.3, -0.25) is 19.2 Å². The molecular weight excluding hydrogens is 581 g/mol. The van der Waals surface area contributed by atoms with Gasteiger partial charge in [0.15, 0.2) is 23.1 Å².